The van der Waals surface area contributed by atoms with Crippen molar-refractivity contribution in [1.82, 2.24) is 0 Å². The van der Waals surface area contributed by atoms with E-state index in [0.717, 1.165) is 0 Å². The van der Waals surface area contributed by atoms with E-state index in [2.05, 4.69) is 14.8 Å². The van der Waals surface area contributed by atoms with Crippen LogP contribution >= 0.6 is 0 Å². The maximum Gasteiger partial charge on any atom is 0.586 e. The highest BCUT2D eigenvalue weighted by atomic mass is 19.3. The number of hydrogen-bond donors (Lipinski definition) is 1. The van der Waals surface area contributed by atoms with Crippen molar-refractivity contribution >= 4 is 5.69 Å². The van der Waals surface area contributed by atoms with Crippen LogP contribution in [0.3, 0.4) is 0 Å². The third-order valence-corrected chi connectivity index (χ3v) is 3.08. The van der Waals surface area contributed by atoms with Gasteiger partial charge in [-0.3, -0.25) is 0 Å². The molecule has 0 unspecified atom stereocenters. The number of nitrogens with zero attached hydrogens (tertiary/aromatic N) is 1. The fourth-order valence-corrected chi connectivity index (χ4v) is 2.05. The largest absolute Gasteiger partial charge is 0.586 e. The smallest absolute Gasteiger partial charge is 0.492 e. The Labute approximate surface area is 131 Å². The molecule has 0 saturated carbocycles. The fraction of sp³-hybridized carbons (Fsp3) is 0.188. The van der Waals surface area contributed by atoms with Crippen LogP contribution in [0, 0.1) is 11.3 Å². The highest BCUT2D eigenvalue weighted by Gasteiger charge is 2.43. The predicted octanol–water partition coefficient (Wildman–Crippen LogP) is 3.37. The van der Waals surface area contributed by atoms with Crippen LogP contribution in [0.25, 0.3) is 0 Å². The van der Waals surface area contributed by atoms with Crippen LogP contribution in [0.4, 0.5) is 14.5 Å². The van der Waals surface area contributed by atoms with E-state index < -0.39 is 6.29 Å². The lowest BCUT2D eigenvalue weighted by atomic mass is 10.2. The van der Waals surface area contributed by atoms with Crippen molar-refractivity contribution in [1.29, 1.82) is 5.26 Å². The summed E-state index contributed by atoms with van der Waals surface area (Å²) in [5.41, 5.74) is 1.18. The minimum absolute atomic E-state index is 0.00647. The minimum atomic E-state index is -3.61. The predicted molar refractivity (Wildman–Crippen MR) is 77.8 cm³/mol. The SMILES string of the molecule is N#Cc1ccc(OCCNc2ccc3c(c2)OC(F)(F)O3)cc1. The normalized spacial score (nSPS) is 14.1. The van der Waals surface area contributed by atoms with Crippen molar-refractivity contribution in [3.63, 3.8) is 0 Å². The fourth-order valence-electron chi connectivity index (χ4n) is 2.05. The van der Waals surface area contributed by atoms with Crippen LogP contribution < -0.4 is 19.5 Å². The molecule has 0 radical (unpaired) electrons. The number of nitrogens with one attached hydrogen (secondary N) is 1. The number of alkyl halides is 2. The Bertz CT molecular complexity index is 742. The van der Waals surface area contributed by atoms with E-state index in [1.54, 1.807) is 30.3 Å². The number of halogens is 2. The molecule has 23 heavy (non-hydrogen) atoms. The highest BCUT2D eigenvalue weighted by molar-refractivity contribution is 5.55. The van der Waals surface area contributed by atoms with E-state index in [9.17, 15) is 8.78 Å². The van der Waals surface area contributed by atoms with Gasteiger partial charge in [-0.2, -0.15) is 5.26 Å². The average molecular weight is 318 g/mol. The van der Waals surface area contributed by atoms with Crippen LogP contribution in [0.15, 0.2) is 42.5 Å². The first-order chi connectivity index (χ1) is 11.1. The van der Waals surface area contributed by atoms with Crippen molar-refractivity contribution in [3.05, 3.63) is 48.0 Å². The zero-order valence-electron chi connectivity index (χ0n) is 11.9. The average Bonchev–Trinajstić information content (AvgIpc) is 2.85. The molecule has 1 N–H and O–H groups in total. The summed E-state index contributed by atoms with van der Waals surface area (Å²) in [5, 5.41) is 11.7. The molecular formula is C16H12F2N2O3. The zero-order valence-corrected chi connectivity index (χ0v) is 11.9. The molecule has 1 aliphatic heterocycles. The Hall–Kier alpha value is -3.01. The molecule has 3 rings (SSSR count). The Morgan fingerprint density at radius 3 is 2.57 bits per heavy atom. The quantitative estimate of drug-likeness (QED) is 0.856. The van der Waals surface area contributed by atoms with Gasteiger partial charge >= 0.3 is 6.29 Å². The molecule has 0 aliphatic carbocycles. The van der Waals surface area contributed by atoms with Gasteiger partial charge in [-0.1, -0.05) is 0 Å². The lowest BCUT2D eigenvalue weighted by Crippen LogP contribution is -2.25. The summed E-state index contributed by atoms with van der Waals surface area (Å²) in [6.45, 7) is 0.840. The summed E-state index contributed by atoms with van der Waals surface area (Å²) >= 11 is 0. The van der Waals surface area contributed by atoms with Crippen LogP contribution in [0.2, 0.25) is 0 Å². The Balaban J connectivity index is 1.49. The third-order valence-electron chi connectivity index (χ3n) is 3.08. The van der Waals surface area contributed by atoms with Crippen LogP contribution in [0.5, 0.6) is 17.2 Å². The Morgan fingerprint density at radius 2 is 1.83 bits per heavy atom. The molecular weight excluding hydrogens is 306 g/mol. The van der Waals surface area contributed by atoms with E-state index in [1.165, 1.54) is 12.1 Å². The first-order valence-corrected chi connectivity index (χ1v) is 6.82. The maximum atomic E-state index is 12.9. The van der Waals surface area contributed by atoms with Gasteiger partial charge in [-0.05, 0) is 36.4 Å². The summed E-state index contributed by atoms with van der Waals surface area (Å²) in [5.74, 6) is 0.651. The highest BCUT2D eigenvalue weighted by Crippen LogP contribution is 2.42. The first-order valence-electron chi connectivity index (χ1n) is 6.82. The molecule has 5 nitrogen and oxygen atoms in total. The molecule has 0 amide bonds. The third kappa shape index (κ3) is 3.61. The van der Waals surface area contributed by atoms with Gasteiger partial charge in [-0.15, -0.1) is 8.78 Å². The van der Waals surface area contributed by atoms with Gasteiger partial charge in [0.05, 0.1) is 11.6 Å². The first kappa shape index (κ1) is 14.9. The van der Waals surface area contributed by atoms with E-state index in [-0.39, 0.29) is 11.5 Å². The van der Waals surface area contributed by atoms with Gasteiger partial charge in [0.25, 0.3) is 0 Å². The monoisotopic (exact) mass is 318 g/mol. The minimum Gasteiger partial charge on any atom is -0.492 e. The summed E-state index contributed by atoms with van der Waals surface area (Å²) in [6, 6.07) is 13.3. The molecule has 0 aromatic heterocycles. The second kappa shape index (κ2) is 6.01. The van der Waals surface area contributed by atoms with Crippen LogP contribution in [-0.2, 0) is 0 Å². The van der Waals surface area contributed by atoms with Gasteiger partial charge < -0.3 is 19.5 Å². The van der Waals surface area contributed by atoms with E-state index in [1.807, 2.05) is 6.07 Å². The maximum absolute atomic E-state index is 12.9. The molecule has 0 atom stereocenters. The molecule has 1 aliphatic rings. The molecule has 2 aromatic rings. The molecule has 0 spiro atoms. The number of ether oxygens (including phenoxy) is 3. The number of anilines is 1. The number of hydrogen-bond acceptors (Lipinski definition) is 5. The molecule has 2 aromatic carbocycles. The van der Waals surface area contributed by atoms with Gasteiger partial charge in [0.2, 0.25) is 0 Å². The lowest BCUT2D eigenvalue weighted by molar-refractivity contribution is -0.286. The second-order valence-corrected chi connectivity index (χ2v) is 4.74. The molecule has 1 heterocycles. The number of rotatable bonds is 5. The van der Waals surface area contributed by atoms with Crippen molar-refractivity contribution in [3.8, 4) is 23.3 Å². The van der Waals surface area contributed by atoms with Crippen molar-refractivity contribution in [2.45, 2.75) is 6.29 Å². The molecule has 0 fully saturated rings. The Morgan fingerprint density at radius 1 is 1.09 bits per heavy atom. The number of benzene rings is 2. The number of fused-ring (bicyclic) bond motifs is 1. The lowest BCUT2D eigenvalue weighted by Gasteiger charge is -2.09. The van der Waals surface area contributed by atoms with Crippen LogP contribution in [-0.4, -0.2) is 19.4 Å². The molecule has 118 valence electrons. The van der Waals surface area contributed by atoms with Gasteiger partial charge in [-0.25, -0.2) is 0 Å². The second-order valence-electron chi connectivity index (χ2n) is 4.74. The van der Waals surface area contributed by atoms with Gasteiger partial charge in [0.1, 0.15) is 12.4 Å². The van der Waals surface area contributed by atoms with Crippen LogP contribution in [0.1, 0.15) is 5.56 Å². The molecule has 0 bridgehead atoms. The summed E-state index contributed by atoms with van der Waals surface area (Å²) in [7, 11) is 0. The summed E-state index contributed by atoms with van der Waals surface area (Å²) in [6.07, 6.45) is -3.61. The summed E-state index contributed by atoms with van der Waals surface area (Å²) < 4.78 is 40.0. The molecule has 0 saturated heterocycles. The number of nitriles is 1. The summed E-state index contributed by atoms with van der Waals surface area (Å²) in [4.78, 5) is 0. The van der Waals surface area contributed by atoms with E-state index in [0.29, 0.717) is 30.2 Å². The Kier molecular flexibility index (Phi) is 3.89. The van der Waals surface area contributed by atoms with Crippen molar-refractivity contribution < 1.29 is 23.0 Å². The zero-order chi connectivity index (χ0) is 16.3. The van der Waals surface area contributed by atoms with Crippen molar-refractivity contribution in [2.75, 3.05) is 18.5 Å². The van der Waals surface area contributed by atoms with Crippen molar-refractivity contribution in [2.24, 2.45) is 0 Å². The topological polar surface area (TPSA) is 63.5 Å². The van der Waals surface area contributed by atoms with E-state index in [4.69, 9.17) is 10.00 Å². The van der Waals surface area contributed by atoms with Gasteiger partial charge in [0, 0.05) is 18.3 Å². The standard InChI is InChI=1S/C16H12F2N2O3/c17-16(18)22-14-6-3-12(9-15(14)23-16)20-7-8-21-13-4-1-11(10-19)2-5-13/h1-6,9,20H,7-8H2. The molecule has 7 heteroatoms. The van der Waals surface area contributed by atoms with E-state index >= 15 is 0 Å². The van der Waals surface area contributed by atoms with Gasteiger partial charge in [0.15, 0.2) is 11.5 Å².